The summed E-state index contributed by atoms with van der Waals surface area (Å²) in [6, 6.07) is -5.02. The molecular weight excluding hydrogens is 434 g/mol. The Morgan fingerprint density at radius 2 is 1.48 bits per heavy atom. The third-order valence-electron chi connectivity index (χ3n) is 4.02. The number of rotatable bonds is 15. The van der Waals surface area contributed by atoms with Gasteiger partial charge < -0.3 is 37.6 Å². The first-order chi connectivity index (χ1) is 14.4. The van der Waals surface area contributed by atoms with Crippen molar-refractivity contribution in [1.82, 2.24) is 16.0 Å². The Morgan fingerprint density at radius 1 is 0.903 bits per heavy atom. The molecular formula is C17H29N5O8S. The van der Waals surface area contributed by atoms with Gasteiger partial charge in [0.1, 0.15) is 18.1 Å². The van der Waals surface area contributed by atoms with E-state index in [0.717, 1.165) is 0 Å². The lowest BCUT2D eigenvalue weighted by molar-refractivity contribution is -0.143. The second-order valence-corrected chi connectivity index (χ2v) is 7.67. The van der Waals surface area contributed by atoms with Gasteiger partial charge in [-0.15, -0.1) is 0 Å². The molecule has 4 unspecified atom stereocenters. The molecule has 0 saturated heterocycles. The Bertz CT molecular complexity index is 689. The van der Waals surface area contributed by atoms with Crippen molar-refractivity contribution in [2.75, 3.05) is 12.0 Å². The number of carbonyl (C=O) groups excluding carboxylic acids is 4. The van der Waals surface area contributed by atoms with Crippen LogP contribution >= 0.6 is 11.8 Å². The molecule has 0 aromatic rings. The van der Waals surface area contributed by atoms with Crippen LogP contribution in [0.25, 0.3) is 0 Å². The van der Waals surface area contributed by atoms with E-state index in [1.165, 1.54) is 18.7 Å². The van der Waals surface area contributed by atoms with Crippen molar-refractivity contribution in [1.29, 1.82) is 0 Å². The number of nitrogens with two attached hydrogens (primary N) is 2. The van der Waals surface area contributed by atoms with Gasteiger partial charge >= 0.3 is 11.9 Å². The fraction of sp³-hybridized carbons (Fsp3) is 0.647. The summed E-state index contributed by atoms with van der Waals surface area (Å²) in [4.78, 5) is 69.8. The fourth-order valence-electron chi connectivity index (χ4n) is 2.27. The first-order valence-electron chi connectivity index (χ1n) is 9.27. The van der Waals surface area contributed by atoms with Crippen LogP contribution in [-0.2, 0) is 28.8 Å². The van der Waals surface area contributed by atoms with Gasteiger partial charge in [0.05, 0.1) is 12.5 Å². The molecule has 31 heavy (non-hydrogen) atoms. The van der Waals surface area contributed by atoms with E-state index in [2.05, 4.69) is 16.0 Å². The van der Waals surface area contributed by atoms with Crippen molar-refractivity contribution in [2.45, 2.75) is 56.8 Å². The maximum Gasteiger partial charge on any atom is 0.326 e. The molecule has 13 nitrogen and oxygen atoms in total. The number of hydrogen-bond donors (Lipinski definition) is 7. The van der Waals surface area contributed by atoms with Gasteiger partial charge in [0.25, 0.3) is 0 Å². The smallest absolute Gasteiger partial charge is 0.326 e. The lowest BCUT2D eigenvalue weighted by Gasteiger charge is -2.23. The lowest BCUT2D eigenvalue weighted by Crippen LogP contribution is -2.56. The number of primary amides is 1. The third kappa shape index (κ3) is 11.8. The molecule has 0 rings (SSSR count). The predicted molar refractivity (Wildman–Crippen MR) is 111 cm³/mol. The largest absolute Gasteiger partial charge is 0.481 e. The standard InChI is InChI=1S/C17H29N5O8S/c1-8(14(26)22-11(17(29)30)7-12(19)23)20-16(28)10(3-4-13(24)25)21-15(27)9(18)5-6-31-2/h8-11H,3-7,18H2,1-2H3,(H2,19,23)(H,20,28)(H,21,27)(H,22,26)(H,24,25)(H,29,30). The second kappa shape index (κ2) is 14.2. The molecule has 176 valence electrons. The highest BCUT2D eigenvalue weighted by Gasteiger charge is 2.29. The highest BCUT2D eigenvalue weighted by Crippen LogP contribution is 2.03. The van der Waals surface area contributed by atoms with Crippen LogP contribution in [0.5, 0.6) is 0 Å². The minimum absolute atomic E-state index is 0.254. The van der Waals surface area contributed by atoms with Crippen LogP contribution < -0.4 is 27.4 Å². The average Bonchev–Trinajstić information content (AvgIpc) is 2.67. The lowest BCUT2D eigenvalue weighted by atomic mass is 10.1. The first kappa shape index (κ1) is 28.1. The van der Waals surface area contributed by atoms with Crippen molar-refractivity contribution in [3.63, 3.8) is 0 Å². The molecule has 4 amide bonds. The fourth-order valence-corrected chi connectivity index (χ4v) is 2.76. The summed E-state index contributed by atoms with van der Waals surface area (Å²) in [5.41, 5.74) is 10.7. The van der Waals surface area contributed by atoms with E-state index < -0.39 is 72.6 Å². The van der Waals surface area contributed by atoms with Crippen molar-refractivity contribution < 1.29 is 39.0 Å². The maximum atomic E-state index is 12.5. The Kier molecular flexibility index (Phi) is 12.9. The topological polar surface area (TPSA) is 231 Å². The molecule has 4 atom stereocenters. The molecule has 0 radical (unpaired) electrons. The SMILES string of the molecule is CSCCC(N)C(=O)NC(CCC(=O)O)C(=O)NC(C)C(=O)NC(CC(N)=O)C(=O)O. The molecule has 0 saturated carbocycles. The van der Waals surface area contributed by atoms with E-state index in [1.807, 2.05) is 6.26 Å². The van der Waals surface area contributed by atoms with Gasteiger partial charge in [-0.3, -0.25) is 24.0 Å². The van der Waals surface area contributed by atoms with Crippen molar-refractivity contribution >= 4 is 47.3 Å². The maximum absolute atomic E-state index is 12.5. The zero-order valence-electron chi connectivity index (χ0n) is 17.3. The molecule has 9 N–H and O–H groups in total. The van der Waals surface area contributed by atoms with Crippen LogP contribution in [0.4, 0.5) is 0 Å². The van der Waals surface area contributed by atoms with Gasteiger partial charge in [-0.05, 0) is 31.8 Å². The molecule has 0 aliphatic heterocycles. The van der Waals surface area contributed by atoms with Gasteiger partial charge in [0.2, 0.25) is 23.6 Å². The Hall–Kier alpha value is -2.87. The number of thioether (sulfide) groups is 1. The molecule has 0 heterocycles. The molecule has 0 fully saturated rings. The Labute approximate surface area is 183 Å². The van der Waals surface area contributed by atoms with Crippen LogP contribution in [0, 0.1) is 0 Å². The van der Waals surface area contributed by atoms with E-state index in [-0.39, 0.29) is 6.42 Å². The number of carboxylic acid groups (broad SMARTS) is 2. The van der Waals surface area contributed by atoms with Crippen molar-refractivity contribution in [3.8, 4) is 0 Å². The molecule has 0 aromatic heterocycles. The van der Waals surface area contributed by atoms with Gasteiger partial charge in [0, 0.05) is 6.42 Å². The van der Waals surface area contributed by atoms with Crippen LogP contribution in [0.15, 0.2) is 0 Å². The van der Waals surface area contributed by atoms with Crippen molar-refractivity contribution in [3.05, 3.63) is 0 Å². The van der Waals surface area contributed by atoms with E-state index in [1.54, 1.807) is 0 Å². The van der Waals surface area contributed by atoms with Gasteiger partial charge in [-0.2, -0.15) is 11.8 Å². The summed E-state index contributed by atoms with van der Waals surface area (Å²) in [5.74, 6) is -5.44. The van der Waals surface area contributed by atoms with Gasteiger partial charge in [-0.25, -0.2) is 4.79 Å². The van der Waals surface area contributed by atoms with E-state index in [9.17, 15) is 28.8 Å². The number of hydrogen-bond acceptors (Lipinski definition) is 8. The monoisotopic (exact) mass is 463 g/mol. The molecule has 0 bridgehead atoms. The van der Waals surface area contributed by atoms with Crippen LogP contribution in [0.2, 0.25) is 0 Å². The average molecular weight is 464 g/mol. The normalized spacial score (nSPS) is 14.4. The van der Waals surface area contributed by atoms with E-state index >= 15 is 0 Å². The molecule has 0 aliphatic rings. The quantitative estimate of drug-likeness (QED) is 0.133. The zero-order chi connectivity index (χ0) is 24.1. The minimum atomic E-state index is -1.58. The predicted octanol–water partition coefficient (Wildman–Crippen LogP) is -2.63. The Balaban J connectivity index is 5.10. The second-order valence-electron chi connectivity index (χ2n) is 6.68. The molecule has 14 heteroatoms. The number of nitrogens with one attached hydrogen (secondary N) is 3. The van der Waals surface area contributed by atoms with E-state index in [4.69, 9.17) is 21.7 Å². The number of carboxylic acids is 2. The van der Waals surface area contributed by atoms with Crippen LogP contribution in [-0.4, -0.2) is 82.0 Å². The Morgan fingerprint density at radius 3 is 1.97 bits per heavy atom. The summed E-state index contributed by atoms with van der Waals surface area (Å²) in [7, 11) is 0. The highest BCUT2D eigenvalue weighted by atomic mass is 32.2. The summed E-state index contributed by atoms with van der Waals surface area (Å²) in [6.07, 6.45) is 0.843. The van der Waals surface area contributed by atoms with Gasteiger partial charge in [0.15, 0.2) is 0 Å². The summed E-state index contributed by atoms with van der Waals surface area (Å²) >= 11 is 1.48. The van der Waals surface area contributed by atoms with Crippen LogP contribution in [0.1, 0.15) is 32.6 Å². The molecule has 0 spiro atoms. The summed E-state index contributed by atoms with van der Waals surface area (Å²) in [5, 5.41) is 24.6. The first-order valence-corrected chi connectivity index (χ1v) is 10.7. The number of carbonyl (C=O) groups is 6. The number of amides is 4. The van der Waals surface area contributed by atoms with Gasteiger partial charge in [-0.1, -0.05) is 0 Å². The van der Waals surface area contributed by atoms with E-state index in [0.29, 0.717) is 12.2 Å². The summed E-state index contributed by atoms with van der Waals surface area (Å²) < 4.78 is 0. The third-order valence-corrected chi connectivity index (χ3v) is 4.67. The molecule has 0 aromatic carbocycles. The summed E-state index contributed by atoms with van der Waals surface area (Å²) in [6.45, 7) is 1.25. The van der Waals surface area contributed by atoms with Crippen LogP contribution in [0.3, 0.4) is 0 Å². The molecule has 0 aliphatic carbocycles. The zero-order valence-corrected chi connectivity index (χ0v) is 18.1. The van der Waals surface area contributed by atoms with Crippen molar-refractivity contribution in [2.24, 2.45) is 11.5 Å². The number of aliphatic carboxylic acids is 2. The highest BCUT2D eigenvalue weighted by molar-refractivity contribution is 7.98. The minimum Gasteiger partial charge on any atom is -0.481 e.